The molecule has 0 saturated carbocycles. The molecule has 0 heterocycles. The van der Waals surface area contributed by atoms with Gasteiger partial charge in [0.05, 0.1) is 28.4 Å². The van der Waals surface area contributed by atoms with E-state index in [0.717, 1.165) is 11.1 Å². The third-order valence-corrected chi connectivity index (χ3v) is 4.21. The van der Waals surface area contributed by atoms with E-state index in [4.69, 9.17) is 18.9 Å². The molecule has 0 aromatic heterocycles. The summed E-state index contributed by atoms with van der Waals surface area (Å²) in [6.45, 7) is 0. The molecule has 2 aromatic carbocycles. The van der Waals surface area contributed by atoms with E-state index in [9.17, 15) is 14.4 Å². The van der Waals surface area contributed by atoms with Crippen LogP contribution in [-0.2, 0) is 11.0 Å². The van der Waals surface area contributed by atoms with Gasteiger partial charge in [-0.15, -0.1) is 0 Å². The van der Waals surface area contributed by atoms with Gasteiger partial charge in [0.15, 0.2) is 23.0 Å². The van der Waals surface area contributed by atoms with Crippen molar-refractivity contribution >= 4 is 13.9 Å². The SMILES string of the molecule is COc1ccc(C/C=C\c2cc(OC)c(OC)c(OC)c2)cc1OP(=O)([O-])[O-].[Na+].[Na+]. The van der Waals surface area contributed by atoms with Gasteiger partial charge >= 0.3 is 59.1 Å². The Hall–Kier alpha value is -0.670. The van der Waals surface area contributed by atoms with Gasteiger partial charge in [0, 0.05) is 0 Å². The maximum atomic E-state index is 10.9. The fourth-order valence-electron chi connectivity index (χ4n) is 2.57. The van der Waals surface area contributed by atoms with Crippen molar-refractivity contribution in [3.05, 3.63) is 47.5 Å². The topological polar surface area (TPSA) is 109 Å². The van der Waals surface area contributed by atoms with Crippen LogP contribution in [0.15, 0.2) is 36.4 Å². The van der Waals surface area contributed by atoms with Gasteiger partial charge in [-0.25, -0.2) is 0 Å². The normalized spacial score (nSPS) is 10.6. The van der Waals surface area contributed by atoms with Crippen molar-refractivity contribution < 1.29 is 96.9 Å². The first-order valence-electron chi connectivity index (χ1n) is 8.16. The number of benzene rings is 2. The summed E-state index contributed by atoms with van der Waals surface area (Å²) in [6, 6.07) is 8.32. The van der Waals surface area contributed by atoms with E-state index in [1.807, 2.05) is 12.2 Å². The molecule has 2 aromatic rings. The third-order valence-electron chi connectivity index (χ3n) is 3.79. The van der Waals surface area contributed by atoms with E-state index in [0.29, 0.717) is 23.7 Å². The van der Waals surface area contributed by atoms with Crippen LogP contribution >= 0.6 is 7.82 Å². The minimum Gasteiger partial charge on any atom is -0.780 e. The Labute approximate surface area is 220 Å². The average molecular weight is 454 g/mol. The Bertz CT molecular complexity index is 873. The number of hydrogen-bond acceptors (Lipinski definition) is 8. The summed E-state index contributed by atoms with van der Waals surface area (Å²) < 4.78 is 36.3. The first kappa shape index (κ1) is 29.3. The fourth-order valence-corrected chi connectivity index (χ4v) is 2.95. The Morgan fingerprint density at radius 3 is 1.87 bits per heavy atom. The number of rotatable bonds is 9. The Morgan fingerprint density at radius 2 is 1.40 bits per heavy atom. The fraction of sp³-hybridized carbons (Fsp3) is 0.263. The summed E-state index contributed by atoms with van der Waals surface area (Å²) in [5, 5.41) is 0. The van der Waals surface area contributed by atoms with Crippen molar-refractivity contribution in [1.29, 1.82) is 0 Å². The van der Waals surface area contributed by atoms with E-state index in [2.05, 4.69) is 4.52 Å². The second kappa shape index (κ2) is 13.7. The van der Waals surface area contributed by atoms with Crippen LogP contribution in [0.5, 0.6) is 28.7 Å². The van der Waals surface area contributed by atoms with Gasteiger partial charge in [-0.2, -0.15) is 0 Å². The molecule has 0 N–H and O–H groups in total. The zero-order valence-corrected chi connectivity index (χ0v) is 22.9. The van der Waals surface area contributed by atoms with Crippen LogP contribution in [0, 0.1) is 0 Å². The second-order valence-electron chi connectivity index (χ2n) is 5.59. The number of allylic oxidation sites excluding steroid dienone is 1. The van der Waals surface area contributed by atoms with Gasteiger partial charge in [-0.3, -0.25) is 0 Å². The largest absolute Gasteiger partial charge is 1.00 e. The molecule has 0 radical (unpaired) electrons. The molecule has 0 unspecified atom stereocenters. The zero-order valence-electron chi connectivity index (χ0n) is 18.0. The summed E-state index contributed by atoms with van der Waals surface area (Å²) in [7, 11) is 0.771. The average Bonchev–Trinajstić information content (AvgIpc) is 2.66. The minimum absolute atomic E-state index is 0. The van der Waals surface area contributed by atoms with Crippen LogP contribution in [0.1, 0.15) is 11.1 Å². The van der Waals surface area contributed by atoms with E-state index in [-0.39, 0.29) is 70.6 Å². The van der Waals surface area contributed by atoms with Crippen molar-refractivity contribution in [3.8, 4) is 28.7 Å². The van der Waals surface area contributed by atoms with E-state index in [1.165, 1.54) is 40.6 Å². The monoisotopic (exact) mass is 454 g/mol. The molecule has 0 saturated heterocycles. The number of ether oxygens (including phenoxy) is 4. The molecule has 0 aliphatic rings. The summed E-state index contributed by atoms with van der Waals surface area (Å²) >= 11 is 0. The van der Waals surface area contributed by atoms with Gasteiger partial charge in [0.2, 0.25) is 5.75 Å². The molecule has 152 valence electrons. The standard InChI is InChI=1S/C19H23O8P.2Na/c1-23-15-9-8-13(10-16(15)27-28(20,21)22)6-5-7-14-11-17(24-2)19(26-4)18(12-14)25-3;;/h5,7-12H,6H2,1-4H3,(H2,20,21,22);;/q;2*+1/p-2/b7-5-;;. The maximum Gasteiger partial charge on any atom is 1.00 e. The molecule has 2 rings (SSSR count). The maximum absolute atomic E-state index is 10.9. The molecule has 0 spiro atoms. The first-order chi connectivity index (χ1) is 13.3. The van der Waals surface area contributed by atoms with Gasteiger partial charge < -0.3 is 37.8 Å². The smallest absolute Gasteiger partial charge is 0.780 e. The zero-order chi connectivity index (χ0) is 20.7. The number of phosphoric ester groups is 1. The van der Waals surface area contributed by atoms with E-state index in [1.54, 1.807) is 18.2 Å². The molecule has 0 aliphatic carbocycles. The quantitative estimate of drug-likeness (QED) is 0.280. The van der Waals surface area contributed by atoms with Crippen molar-refractivity contribution in [2.75, 3.05) is 28.4 Å². The van der Waals surface area contributed by atoms with Crippen molar-refractivity contribution in [1.82, 2.24) is 0 Å². The molecule has 0 bridgehead atoms. The summed E-state index contributed by atoms with van der Waals surface area (Å²) in [4.78, 5) is 21.8. The number of phosphoric acid groups is 1. The van der Waals surface area contributed by atoms with E-state index < -0.39 is 7.82 Å². The molecule has 30 heavy (non-hydrogen) atoms. The molecular formula is C19H21Na2O8P. The number of hydrogen-bond donors (Lipinski definition) is 0. The molecule has 0 fully saturated rings. The predicted octanol–water partition coefficient (Wildman–Crippen LogP) is -3.81. The number of methoxy groups -OCH3 is 4. The Kier molecular flexibility index (Phi) is 13.4. The predicted molar refractivity (Wildman–Crippen MR) is 100 cm³/mol. The summed E-state index contributed by atoms with van der Waals surface area (Å²) in [5.41, 5.74) is 1.55. The van der Waals surface area contributed by atoms with Gasteiger partial charge in [0.25, 0.3) is 0 Å². The van der Waals surface area contributed by atoms with Gasteiger partial charge in [-0.05, 0) is 41.8 Å². The molecule has 0 aliphatic heterocycles. The van der Waals surface area contributed by atoms with Gasteiger partial charge in [-0.1, -0.05) is 18.2 Å². The molecule has 11 heteroatoms. The van der Waals surface area contributed by atoms with Crippen LogP contribution < -0.4 is 92.4 Å². The van der Waals surface area contributed by atoms with Crippen molar-refractivity contribution in [2.24, 2.45) is 0 Å². The van der Waals surface area contributed by atoms with Crippen LogP contribution in [0.4, 0.5) is 0 Å². The Balaban J connectivity index is 0.00000420. The van der Waals surface area contributed by atoms with E-state index >= 15 is 0 Å². The van der Waals surface area contributed by atoms with Crippen LogP contribution in [-0.4, -0.2) is 28.4 Å². The van der Waals surface area contributed by atoms with Crippen molar-refractivity contribution in [2.45, 2.75) is 6.42 Å². The first-order valence-corrected chi connectivity index (χ1v) is 9.62. The van der Waals surface area contributed by atoms with Crippen LogP contribution in [0.2, 0.25) is 0 Å². The van der Waals surface area contributed by atoms with Crippen LogP contribution in [0.25, 0.3) is 6.08 Å². The van der Waals surface area contributed by atoms with Gasteiger partial charge in [0.1, 0.15) is 7.82 Å². The molecular weight excluding hydrogens is 433 g/mol. The molecule has 0 amide bonds. The molecule has 8 nitrogen and oxygen atoms in total. The summed E-state index contributed by atoms with van der Waals surface area (Å²) in [6.07, 6.45) is 4.17. The van der Waals surface area contributed by atoms with Crippen molar-refractivity contribution in [3.63, 3.8) is 0 Å². The summed E-state index contributed by atoms with van der Waals surface area (Å²) in [5.74, 6) is 1.57. The third kappa shape index (κ3) is 8.46. The van der Waals surface area contributed by atoms with Crippen LogP contribution in [0.3, 0.4) is 0 Å². The molecule has 0 atom stereocenters. The second-order valence-corrected chi connectivity index (χ2v) is 6.67. The Morgan fingerprint density at radius 1 is 0.833 bits per heavy atom. The minimum atomic E-state index is -5.19.